The molecule has 1 amide bonds. The molecule has 0 saturated heterocycles. The Kier molecular flexibility index (Phi) is 4.52. The van der Waals surface area contributed by atoms with Gasteiger partial charge in [0.15, 0.2) is 11.6 Å². The molecule has 0 aliphatic carbocycles. The highest BCUT2D eigenvalue weighted by Gasteiger charge is 2.18. The number of benzene rings is 1. The first-order valence-corrected chi connectivity index (χ1v) is 6.51. The molecule has 2 rings (SSSR count). The van der Waals surface area contributed by atoms with Crippen LogP contribution in [0.3, 0.4) is 0 Å². The topological polar surface area (TPSA) is 69.0 Å². The second kappa shape index (κ2) is 6.34. The number of carbonyl (C=O) groups excluding carboxylic acids is 1. The SMILES string of the molecule is COc1ccc([C@@H](C)NC(=O)[C@@H](C)n2cncn2)cc1F. The van der Waals surface area contributed by atoms with E-state index in [1.165, 1.54) is 36.6 Å². The number of hydrogen-bond acceptors (Lipinski definition) is 4. The Morgan fingerprint density at radius 3 is 2.76 bits per heavy atom. The van der Waals surface area contributed by atoms with Crippen LogP contribution in [0, 0.1) is 5.82 Å². The molecule has 112 valence electrons. The minimum absolute atomic E-state index is 0.174. The Hall–Kier alpha value is -2.44. The van der Waals surface area contributed by atoms with E-state index in [0.29, 0.717) is 5.56 Å². The number of aromatic nitrogens is 3. The fraction of sp³-hybridized carbons (Fsp3) is 0.357. The highest BCUT2D eigenvalue weighted by molar-refractivity contribution is 5.80. The van der Waals surface area contributed by atoms with Crippen molar-refractivity contribution in [2.45, 2.75) is 25.9 Å². The predicted molar refractivity (Wildman–Crippen MR) is 74.2 cm³/mol. The number of halogens is 1. The van der Waals surface area contributed by atoms with E-state index in [9.17, 15) is 9.18 Å². The quantitative estimate of drug-likeness (QED) is 0.913. The fourth-order valence-electron chi connectivity index (χ4n) is 1.91. The lowest BCUT2D eigenvalue weighted by Crippen LogP contribution is -2.33. The molecule has 1 aromatic heterocycles. The summed E-state index contributed by atoms with van der Waals surface area (Å²) in [5.74, 6) is -0.502. The van der Waals surface area contributed by atoms with E-state index in [-0.39, 0.29) is 17.7 Å². The first-order valence-electron chi connectivity index (χ1n) is 6.51. The zero-order valence-corrected chi connectivity index (χ0v) is 12.1. The van der Waals surface area contributed by atoms with Crippen molar-refractivity contribution in [2.75, 3.05) is 7.11 Å². The molecule has 0 aliphatic heterocycles. The van der Waals surface area contributed by atoms with E-state index in [2.05, 4.69) is 15.4 Å². The van der Waals surface area contributed by atoms with Gasteiger partial charge in [-0.2, -0.15) is 5.10 Å². The molecule has 2 atom stereocenters. The maximum absolute atomic E-state index is 13.7. The first-order chi connectivity index (χ1) is 10.0. The van der Waals surface area contributed by atoms with Crippen molar-refractivity contribution < 1.29 is 13.9 Å². The summed E-state index contributed by atoms with van der Waals surface area (Å²) in [6.45, 7) is 3.50. The van der Waals surface area contributed by atoms with Gasteiger partial charge in [0.1, 0.15) is 18.7 Å². The maximum atomic E-state index is 13.7. The third-order valence-corrected chi connectivity index (χ3v) is 3.25. The van der Waals surface area contributed by atoms with Gasteiger partial charge in [0.05, 0.1) is 13.2 Å². The van der Waals surface area contributed by atoms with Crippen molar-refractivity contribution >= 4 is 5.91 Å². The third-order valence-electron chi connectivity index (χ3n) is 3.25. The minimum atomic E-state index is -0.488. The number of rotatable bonds is 5. The Labute approximate surface area is 121 Å². The summed E-state index contributed by atoms with van der Waals surface area (Å²) in [4.78, 5) is 15.9. The van der Waals surface area contributed by atoms with Crippen molar-refractivity contribution in [3.05, 3.63) is 42.2 Å². The van der Waals surface area contributed by atoms with Crippen molar-refractivity contribution in [2.24, 2.45) is 0 Å². The Morgan fingerprint density at radius 2 is 2.19 bits per heavy atom. The second-order valence-corrected chi connectivity index (χ2v) is 4.68. The van der Waals surface area contributed by atoms with E-state index in [1.807, 2.05) is 0 Å². The van der Waals surface area contributed by atoms with Gasteiger partial charge in [-0.15, -0.1) is 0 Å². The molecule has 6 nitrogen and oxygen atoms in total. The monoisotopic (exact) mass is 292 g/mol. The molecule has 0 fully saturated rings. The molecule has 1 N–H and O–H groups in total. The van der Waals surface area contributed by atoms with Crippen LogP contribution in [0.5, 0.6) is 5.75 Å². The molecule has 0 bridgehead atoms. The number of methoxy groups -OCH3 is 1. The van der Waals surface area contributed by atoms with Gasteiger partial charge in [0.25, 0.3) is 0 Å². The normalized spacial score (nSPS) is 13.5. The maximum Gasteiger partial charge on any atom is 0.245 e. The van der Waals surface area contributed by atoms with E-state index in [1.54, 1.807) is 19.9 Å². The van der Waals surface area contributed by atoms with Gasteiger partial charge < -0.3 is 10.1 Å². The largest absolute Gasteiger partial charge is 0.494 e. The number of nitrogens with zero attached hydrogens (tertiary/aromatic N) is 3. The molecule has 0 spiro atoms. The Balaban J connectivity index is 2.05. The minimum Gasteiger partial charge on any atom is -0.494 e. The molecule has 0 saturated carbocycles. The summed E-state index contributed by atoms with van der Waals surface area (Å²) in [6.07, 6.45) is 2.84. The van der Waals surface area contributed by atoms with Crippen LogP contribution in [0.15, 0.2) is 30.9 Å². The Bertz CT molecular complexity index is 615. The summed E-state index contributed by atoms with van der Waals surface area (Å²) in [5.41, 5.74) is 0.660. The van der Waals surface area contributed by atoms with Crippen LogP contribution >= 0.6 is 0 Å². The Morgan fingerprint density at radius 1 is 1.43 bits per heavy atom. The number of carbonyl (C=O) groups is 1. The molecule has 1 aromatic carbocycles. The number of amides is 1. The van der Waals surface area contributed by atoms with Gasteiger partial charge in [-0.05, 0) is 31.5 Å². The number of hydrogen-bond donors (Lipinski definition) is 1. The van der Waals surface area contributed by atoms with Gasteiger partial charge >= 0.3 is 0 Å². The van der Waals surface area contributed by atoms with Gasteiger partial charge in [-0.3, -0.25) is 4.79 Å². The molecule has 21 heavy (non-hydrogen) atoms. The van der Waals surface area contributed by atoms with E-state index >= 15 is 0 Å². The molecular formula is C14H17FN4O2. The van der Waals surface area contributed by atoms with Crippen LogP contribution in [0.25, 0.3) is 0 Å². The summed E-state index contributed by atoms with van der Waals surface area (Å²) >= 11 is 0. The zero-order chi connectivity index (χ0) is 15.4. The van der Waals surface area contributed by atoms with Crippen molar-refractivity contribution in [3.8, 4) is 5.75 Å². The predicted octanol–water partition coefficient (Wildman–Crippen LogP) is 1.86. The fourth-order valence-corrected chi connectivity index (χ4v) is 1.91. The lowest BCUT2D eigenvalue weighted by atomic mass is 10.1. The lowest BCUT2D eigenvalue weighted by Gasteiger charge is -2.18. The first kappa shape index (κ1) is 15.0. The summed E-state index contributed by atoms with van der Waals surface area (Å²) < 4.78 is 20.0. The zero-order valence-electron chi connectivity index (χ0n) is 12.1. The summed E-state index contributed by atoms with van der Waals surface area (Å²) in [6, 6.07) is 3.78. The lowest BCUT2D eigenvalue weighted by molar-refractivity contribution is -0.124. The summed E-state index contributed by atoms with van der Waals surface area (Å²) in [7, 11) is 1.41. The van der Waals surface area contributed by atoms with Crippen molar-refractivity contribution in [3.63, 3.8) is 0 Å². The van der Waals surface area contributed by atoms with Crippen LogP contribution in [0.2, 0.25) is 0 Å². The highest BCUT2D eigenvalue weighted by Crippen LogP contribution is 2.22. The molecule has 0 radical (unpaired) electrons. The molecule has 0 unspecified atom stereocenters. The van der Waals surface area contributed by atoms with Crippen LogP contribution in [0.1, 0.15) is 31.5 Å². The van der Waals surface area contributed by atoms with E-state index < -0.39 is 11.9 Å². The van der Waals surface area contributed by atoms with Crippen molar-refractivity contribution in [1.29, 1.82) is 0 Å². The van der Waals surface area contributed by atoms with Crippen LogP contribution in [-0.2, 0) is 4.79 Å². The van der Waals surface area contributed by atoms with Crippen molar-refractivity contribution in [1.82, 2.24) is 20.1 Å². The standard InChI is InChI=1S/C14H17FN4O2/c1-9(11-4-5-13(21-3)12(15)6-11)18-14(20)10(2)19-8-16-7-17-19/h4-10H,1-3H3,(H,18,20)/t9-,10-/m1/s1. The van der Waals surface area contributed by atoms with Gasteiger partial charge in [-0.1, -0.05) is 6.07 Å². The third kappa shape index (κ3) is 3.36. The van der Waals surface area contributed by atoms with Gasteiger partial charge in [0.2, 0.25) is 5.91 Å². The van der Waals surface area contributed by atoms with E-state index in [0.717, 1.165) is 0 Å². The van der Waals surface area contributed by atoms with E-state index in [4.69, 9.17) is 4.74 Å². The average Bonchev–Trinajstić information content (AvgIpc) is 3.00. The van der Waals surface area contributed by atoms with Gasteiger partial charge in [0, 0.05) is 0 Å². The molecular weight excluding hydrogens is 275 g/mol. The molecule has 2 aromatic rings. The van der Waals surface area contributed by atoms with Gasteiger partial charge in [-0.25, -0.2) is 14.1 Å². The molecule has 7 heteroatoms. The highest BCUT2D eigenvalue weighted by atomic mass is 19.1. The van der Waals surface area contributed by atoms with Crippen LogP contribution in [0.4, 0.5) is 4.39 Å². The number of ether oxygens (including phenoxy) is 1. The summed E-state index contributed by atoms with van der Waals surface area (Å²) in [5, 5.41) is 6.74. The van der Waals surface area contributed by atoms with Crippen LogP contribution < -0.4 is 10.1 Å². The second-order valence-electron chi connectivity index (χ2n) is 4.68. The van der Waals surface area contributed by atoms with Crippen LogP contribution in [-0.4, -0.2) is 27.8 Å². The smallest absolute Gasteiger partial charge is 0.245 e. The average molecular weight is 292 g/mol. The number of nitrogens with one attached hydrogen (secondary N) is 1. The molecule has 1 heterocycles. The molecule has 0 aliphatic rings.